The zero-order valence-electron chi connectivity index (χ0n) is 33.5. The third kappa shape index (κ3) is 19.2. The largest absolute Gasteiger partial charge is 2.00 e. The summed E-state index contributed by atoms with van der Waals surface area (Å²) in [6, 6.07) is 22.4. The van der Waals surface area contributed by atoms with Gasteiger partial charge in [-0.15, -0.1) is 5.75 Å². The molecule has 4 aromatic carbocycles. The number of hydrogen-bond acceptors (Lipinski definition) is 9. The van der Waals surface area contributed by atoms with E-state index in [-0.39, 0.29) is 59.9 Å². The van der Waals surface area contributed by atoms with Crippen molar-refractivity contribution in [2.24, 2.45) is 0 Å². The van der Waals surface area contributed by atoms with E-state index in [2.05, 4.69) is 13.8 Å². The monoisotopic (exact) mass is 850 g/mol. The first-order valence-corrected chi connectivity index (χ1v) is 22.8. The number of para-hydroxylation sites is 2. The van der Waals surface area contributed by atoms with Crippen molar-refractivity contribution in [1.29, 1.82) is 0 Å². The Bertz CT molecular complexity index is 1810. The summed E-state index contributed by atoms with van der Waals surface area (Å²) >= 11 is 0. The molecule has 0 spiro atoms. The molecule has 10 nitrogen and oxygen atoms in total. The fraction of sp³-hybridized carbons (Fsp3) is 0.455. The standard InChI is InChI=1S/2C22H30O5S.Ca/c2*1-2-3-4-5-6-7-8-12-15-20-21(27-19-13-10-9-11-14-19)16-18(23)17-22(20)28(24,25)26;/h2*9-11,13-14,16-17,23H,2-8,12,15H2,1H3,(H,24,25,26);/q;;+2/p-2. The first-order chi connectivity index (χ1) is 26.8. The van der Waals surface area contributed by atoms with Crippen molar-refractivity contribution < 1.29 is 45.6 Å². The summed E-state index contributed by atoms with van der Waals surface area (Å²) in [6.07, 6.45) is 18.7. The van der Waals surface area contributed by atoms with Crippen LogP contribution < -0.4 is 14.6 Å². The van der Waals surface area contributed by atoms with Gasteiger partial charge in [0.15, 0.2) is 0 Å². The predicted octanol–water partition coefficient (Wildman–Crippen LogP) is 10.9. The van der Waals surface area contributed by atoms with Gasteiger partial charge in [0.1, 0.15) is 43.8 Å². The molecule has 0 radical (unpaired) electrons. The van der Waals surface area contributed by atoms with Crippen LogP contribution in [0.2, 0.25) is 0 Å². The van der Waals surface area contributed by atoms with Gasteiger partial charge in [0.2, 0.25) is 0 Å². The van der Waals surface area contributed by atoms with Gasteiger partial charge in [-0.25, -0.2) is 8.42 Å². The van der Waals surface area contributed by atoms with Gasteiger partial charge in [0.25, 0.3) is 10.1 Å². The van der Waals surface area contributed by atoms with Crippen LogP contribution in [0.1, 0.15) is 128 Å². The summed E-state index contributed by atoms with van der Waals surface area (Å²) in [5, 5.41) is 21.8. The van der Waals surface area contributed by atoms with Gasteiger partial charge in [-0.2, -0.15) is 8.42 Å². The van der Waals surface area contributed by atoms with Crippen LogP contribution in [-0.4, -0.2) is 68.8 Å². The zero-order chi connectivity index (χ0) is 40.8. The number of aromatic hydroxyl groups is 1. The van der Waals surface area contributed by atoms with Gasteiger partial charge in [0, 0.05) is 23.3 Å². The molecular weight excluding hydrogens is 793 g/mol. The van der Waals surface area contributed by atoms with Crippen LogP contribution in [0, 0.1) is 0 Å². The third-order valence-corrected chi connectivity index (χ3v) is 11.2. The van der Waals surface area contributed by atoms with Crippen LogP contribution in [0.3, 0.4) is 0 Å². The quantitative estimate of drug-likeness (QED) is 0.0392. The number of hydrogen-bond donors (Lipinski definition) is 2. The molecule has 0 saturated heterocycles. The average molecular weight is 851 g/mol. The van der Waals surface area contributed by atoms with Gasteiger partial charge in [0.05, 0.1) is 4.90 Å². The second-order valence-electron chi connectivity index (χ2n) is 14.0. The van der Waals surface area contributed by atoms with E-state index in [0.29, 0.717) is 35.5 Å². The van der Waals surface area contributed by atoms with Crippen molar-refractivity contribution in [3.63, 3.8) is 0 Å². The number of phenolic OH excluding ortho intramolecular Hbond substituents is 1. The molecule has 0 heterocycles. The normalized spacial score (nSPS) is 11.3. The Morgan fingerprint density at radius 3 is 1.33 bits per heavy atom. The maximum atomic E-state index is 11.9. The minimum Gasteiger partial charge on any atom is -0.872 e. The van der Waals surface area contributed by atoms with Crippen LogP contribution in [-0.2, 0) is 33.1 Å². The molecule has 0 aliphatic rings. The van der Waals surface area contributed by atoms with Crippen LogP contribution in [0.25, 0.3) is 0 Å². The summed E-state index contributed by atoms with van der Waals surface area (Å²) < 4.78 is 79.9. The Hall–Kier alpha value is -2.84. The van der Waals surface area contributed by atoms with E-state index in [1.807, 2.05) is 12.1 Å². The fourth-order valence-electron chi connectivity index (χ4n) is 6.43. The van der Waals surface area contributed by atoms with Crippen molar-refractivity contribution in [2.45, 2.75) is 139 Å². The summed E-state index contributed by atoms with van der Waals surface area (Å²) in [6.45, 7) is 4.38. The van der Waals surface area contributed by atoms with Crippen molar-refractivity contribution in [3.8, 4) is 34.5 Å². The van der Waals surface area contributed by atoms with Crippen molar-refractivity contribution in [1.82, 2.24) is 0 Å². The summed E-state index contributed by atoms with van der Waals surface area (Å²) in [5.74, 6) is 0.599. The van der Waals surface area contributed by atoms with Crippen molar-refractivity contribution in [2.75, 3.05) is 0 Å². The molecule has 4 rings (SSSR count). The van der Waals surface area contributed by atoms with Crippen molar-refractivity contribution >= 4 is 58.0 Å². The Morgan fingerprint density at radius 2 is 0.930 bits per heavy atom. The smallest absolute Gasteiger partial charge is 0.872 e. The Kier molecular flexibility index (Phi) is 23.8. The number of phenols is 1. The van der Waals surface area contributed by atoms with Crippen molar-refractivity contribution in [3.05, 3.63) is 96.1 Å². The van der Waals surface area contributed by atoms with Gasteiger partial charge < -0.3 is 24.2 Å². The maximum Gasteiger partial charge on any atom is 2.00 e. The minimum absolute atomic E-state index is 0. The topological polar surface area (TPSA) is 173 Å². The Balaban J connectivity index is 0.000000387. The maximum absolute atomic E-state index is 11.9. The molecule has 13 heteroatoms. The third-order valence-electron chi connectivity index (χ3n) is 9.34. The molecule has 0 aliphatic carbocycles. The molecular formula is C44H58CaO10S2. The molecule has 0 atom stereocenters. The predicted molar refractivity (Wildman–Crippen MR) is 223 cm³/mol. The molecule has 308 valence electrons. The molecule has 2 N–H and O–H groups in total. The zero-order valence-corrected chi connectivity index (χ0v) is 37.3. The molecule has 0 fully saturated rings. The molecule has 0 aromatic heterocycles. The molecule has 57 heavy (non-hydrogen) atoms. The van der Waals surface area contributed by atoms with Crippen LogP contribution in [0.15, 0.2) is 94.7 Å². The number of ether oxygens (including phenoxy) is 2. The van der Waals surface area contributed by atoms with Gasteiger partial charge in [-0.05, 0) is 56.0 Å². The number of unbranched alkanes of at least 4 members (excludes halogenated alkanes) is 14. The van der Waals surface area contributed by atoms with Gasteiger partial charge in [-0.1, -0.05) is 146 Å². The number of rotatable bonds is 24. The van der Waals surface area contributed by atoms with Crippen LogP contribution in [0.5, 0.6) is 34.5 Å². The Morgan fingerprint density at radius 1 is 0.544 bits per heavy atom. The second kappa shape index (κ2) is 27.0. The van der Waals surface area contributed by atoms with E-state index in [0.717, 1.165) is 57.1 Å². The van der Waals surface area contributed by atoms with E-state index in [1.165, 1.54) is 69.9 Å². The van der Waals surface area contributed by atoms with Crippen LogP contribution >= 0.6 is 0 Å². The Labute approximate surface area is 370 Å². The van der Waals surface area contributed by atoms with E-state index < -0.39 is 30.9 Å². The first-order valence-electron chi connectivity index (χ1n) is 19.9. The van der Waals surface area contributed by atoms with Crippen LogP contribution in [0.4, 0.5) is 0 Å². The number of benzene rings is 4. The molecule has 0 unspecified atom stereocenters. The molecule has 0 aliphatic heterocycles. The SMILES string of the molecule is CCCCCCCCCCc1c(Oc2ccccc2)cc(O)cc1S(=O)(=O)O.CCCCCCCCCCc1c(Oc2ccccc2)cc([O-])cc1S(=O)(=O)[O-].[Ca+2]. The summed E-state index contributed by atoms with van der Waals surface area (Å²) in [5.41, 5.74) is 0.694. The van der Waals surface area contributed by atoms with E-state index in [1.54, 1.807) is 48.5 Å². The first kappa shape index (κ1) is 50.3. The fourth-order valence-corrected chi connectivity index (χ4v) is 7.98. The average Bonchev–Trinajstić information content (AvgIpc) is 3.15. The minimum atomic E-state index is -4.76. The van der Waals surface area contributed by atoms with E-state index >= 15 is 0 Å². The molecule has 4 aromatic rings. The van der Waals surface area contributed by atoms with Gasteiger partial charge >= 0.3 is 37.7 Å². The summed E-state index contributed by atoms with van der Waals surface area (Å²) in [7, 11) is -9.23. The summed E-state index contributed by atoms with van der Waals surface area (Å²) in [4.78, 5) is -0.754. The van der Waals surface area contributed by atoms with E-state index in [4.69, 9.17) is 9.47 Å². The molecule has 0 bridgehead atoms. The second-order valence-corrected chi connectivity index (χ2v) is 16.8. The van der Waals surface area contributed by atoms with Gasteiger partial charge in [-0.3, -0.25) is 4.55 Å². The molecule has 0 saturated carbocycles. The van der Waals surface area contributed by atoms with E-state index in [9.17, 15) is 36.2 Å². The molecule has 0 amide bonds.